The van der Waals surface area contributed by atoms with E-state index in [0.29, 0.717) is 12.0 Å². The minimum absolute atomic E-state index is 0.01000. The number of aliphatic hydroxyl groups is 1. The van der Waals surface area contributed by atoms with Crippen molar-refractivity contribution in [3.8, 4) is 0 Å². The van der Waals surface area contributed by atoms with E-state index >= 15 is 8.78 Å². The first-order valence-electron chi connectivity index (χ1n) is 10.3. The number of Topliss-reactive ketones (excluding diaryl/α,β-unsaturated/α-hetero) is 1. The van der Waals surface area contributed by atoms with Crippen molar-refractivity contribution >= 4 is 17.5 Å². The highest BCUT2D eigenvalue weighted by Gasteiger charge is 2.71. The number of rotatable bonds is 3. The SMILES string of the molecule is CC(=O)OCC(=O)C1=CC[C@H]2[C@@H]3C[C@H](F)C4=CC(=O)C=C[C@]4(C)[C@@]3(F)[C@@H](O)C[C@]12C. The Labute approximate surface area is 173 Å². The second kappa shape index (κ2) is 6.67. The van der Waals surface area contributed by atoms with Gasteiger partial charge in [0.05, 0.1) is 6.10 Å². The molecule has 0 saturated heterocycles. The van der Waals surface area contributed by atoms with Crippen LogP contribution in [0.4, 0.5) is 8.78 Å². The molecule has 0 aromatic carbocycles. The van der Waals surface area contributed by atoms with Gasteiger partial charge in [0.1, 0.15) is 6.17 Å². The monoisotopic (exact) mass is 420 g/mol. The van der Waals surface area contributed by atoms with Crippen LogP contribution in [0.15, 0.2) is 35.5 Å². The molecule has 1 N–H and O–H groups in total. The third-order valence-corrected chi connectivity index (χ3v) is 7.92. The van der Waals surface area contributed by atoms with E-state index in [9.17, 15) is 19.5 Å². The lowest BCUT2D eigenvalue weighted by Gasteiger charge is -2.62. The fourth-order valence-electron chi connectivity index (χ4n) is 6.45. The average molecular weight is 420 g/mol. The predicted molar refractivity (Wildman–Crippen MR) is 104 cm³/mol. The van der Waals surface area contributed by atoms with Gasteiger partial charge in [-0.2, -0.15) is 0 Å². The Morgan fingerprint density at radius 3 is 2.67 bits per heavy atom. The molecule has 7 heteroatoms. The minimum Gasteiger partial charge on any atom is -0.457 e. The second-order valence-electron chi connectivity index (χ2n) is 9.42. The highest BCUT2D eigenvalue weighted by Crippen LogP contribution is 2.68. The number of halogens is 2. The molecule has 0 unspecified atom stereocenters. The fraction of sp³-hybridized carbons (Fsp3) is 0.609. The molecule has 2 saturated carbocycles. The van der Waals surface area contributed by atoms with Crippen molar-refractivity contribution < 1.29 is 33.0 Å². The molecule has 0 radical (unpaired) electrons. The first kappa shape index (κ1) is 21.1. The first-order chi connectivity index (χ1) is 13.9. The van der Waals surface area contributed by atoms with Gasteiger partial charge in [-0.1, -0.05) is 19.1 Å². The molecule has 7 atom stereocenters. The summed E-state index contributed by atoms with van der Waals surface area (Å²) in [6.45, 7) is 4.14. The van der Waals surface area contributed by atoms with Crippen LogP contribution in [-0.2, 0) is 19.1 Å². The first-order valence-corrected chi connectivity index (χ1v) is 10.3. The zero-order chi connectivity index (χ0) is 22.1. The van der Waals surface area contributed by atoms with Gasteiger partial charge in [0.15, 0.2) is 23.8 Å². The Bertz CT molecular complexity index is 921. The van der Waals surface area contributed by atoms with E-state index in [1.807, 2.05) is 0 Å². The molecule has 0 aliphatic heterocycles. The number of ketones is 2. The van der Waals surface area contributed by atoms with E-state index in [1.54, 1.807) is 19.9 Å². The summed E-state index contributed by atoms with van der Waals surface area (Å²) < 4.78 is 36.9. The maximum Gasteiger partial charge on any atom is 0.303 e. The standard InChI is InChI=1S/C23H26F2O5/c1-12(26)30-11-19(28)15-5-4-14-16-9-18(24)17-8-13(27)6-7-22(17,3)23(16,25)20(29)10-21(14,15)2/h5-8,14,16,18,20,29H,4,9-11H2,1-3H3/t14-,16-,18-,20-,21-,22-,23-/m0/s1. The van der Waals surface area contributed by atoms with Gasteiger partial charge < -0.3 is 9.84 Å². The Morgan fingerprint density at radius 1 is 1.30 bits per heavy atom. The van der Waals surface area contributed by atoms with Crippen LogP contribution in [0.2, 0.25) is 0 Å². The van der Waals surface area contributed by atoms with Crippen molar-refractivity contribution in [2.45, 2.75) is 58.0 Å². The summed E-state index contributed by atoms with van der Waals surface area (Å²) >= 11 is 0. The van der Waals surface area contributed by atoms with Gasteiger partial charge in [-0.05, 0) is 49.8 Å². The fourth-order valence-corrected chi connectivity index (χ4v) is 6.45. The van der Waals surface area contributed by atoms with Crippen LogP contribution in [0.5, 0.6) is 0 Å². The van der Waals surface area contributed by atoms with Gasteiger partial charge in [-0.15, -0.1) is 0 Å². The van der Waals surface area contributed by atoms with Crippen LogP contribution >= 0.6 is 0 Å². The summed E-state index contributed by atoms with van der Waals surface area (Å²) in [4.78, 5) is 35.6. The van der Waals surface area contributed by atoms with Gasteiger partial charge in [0, 0.05) is 29.2 Å². The van der Waals surface area contributed by atoms with Crippen LogP contribution in [0.3, 0.4) is 0 Å². The molecule has 4 aliphatic rings. The number of aliphatic hydroxyl groups excluding tert-OH is 1. The lowest BCUT2D eigenvalue weighted by Crippen LogP contribution is -2.68. The van der Waals surface area contributed by atoms with Crippen molar-refractivity contribution in [2.75, 3.05) is 6.61 Å². The molecule has 162 valence electrons. The minimum atomic E-state index is -2.16. The molecule has 0 aromatic rings. The number of hydrogen-bond acceptors (Lipinski definition) is 5. The highest BCUT2D eigenvalue weighted by molar-refractivity contribution is 6.01. The Morgan fingerprint density at radius 2 is 2.00 bits per heavy atom. The molecular weight excluding hydrogens is 394 g/mol. The van der Waals surface area contributed by atoms with Gasteiger partial charge in [0.2, 0.25) is 0 Å². The number of allylic oxidation sites excluding steroid dienone is 5. The van der Waals surface area contributed by atoms with Crippen LogP contribution in [0.1, 0.15) is 40.0 Å². The van der Waals surface area contributed by atoms with Crippen LogP contribution in [0.25, 0.3) is 0 Å². The van der Waals surface area contributed by atoms with Crippen molar-refractivity contribution in [1.29, 1.82) is 0 Å². The molecule has 30 heavy (non-hydrogen) atoms. The van der Waals surface area contributed by atoms with E-state index in [4.69, 9.17) is 4.74 Å². The number of carbonyl (C=O) groups excluding carboxylic acids is 3. The molecule has 4 aliphatic carbocycles. The highest BCUT2D eigenvalue weighted by atomic mass is 19.1. The third-order valence-electron chi connectivity index (χ3n) is 7.92. The quantitative estimate of drug-likeness (QED) is 0.710. The summed E-state index contributed by atoms with van der Waals surface area (Å²) in [5.74, 6) is -2.56. The van der Waals surface area contributed by atoms with E-state index in [1.165, 1.54) is 19.1 Å². The van der Waals surface area contributed by atoms with E-state index in [2.05, 4.69) is 0 Å². The maximum absolute atomic E-state index is 16.8. The number of esters is 1. The second-order valence-corrected chi connectivity index (χ2v) is 9.42. The molecule has 0 bridgehead atoms. The number of carbonyl (C=O) groups is 3. The number of hydrogen-bond donors (Lipinski definition) is 1. The summed E-state index contributed by atoms with van der Waals surface area (Å²) in [5, 5.41) is 11.1. The van der Waals surface area contributed by atoms with Crippen molar-refractivity contribution in [3.63, 3.8) is 0 Å². The van der Waals surface area contributed by atoms with Crippen molar-refractivity contribution in [2.24, 2.45) is 22.7 Å². The number of ether oxygens (including phenoxy) is 1. The average Bonchev–Trinajstić information content (AvgIpc) is 3.00. The van der Waals surface area contributed by atoms with Gasteiger partial charge in [-0.3, -0.25) is 14.4 Å². The van der Waals surface area contributed by atoms with E-state index < -0.39 is 47.3 Å². The Hall–Kier alpha value is -2.15. The zero-order valence-electron chi connectivity index (χ0n) is 17.3. The molecule has 0 spiro atoms. The van der Waals surface area contributed by atoms with Crippen molar-refractivity contribution in [1.82, 2.24) is 0 Å². The summed E-state index contributed by atoms with van der Waals surface area (Å²) in [6, 6.07) is 0. The third kappa shape index (κ3) is 2.63. The molecule has 2 fully saturated rings. The molecule has 5 nitrogen and oxygen atoms in total. The zero-order valence-corrected chi connectivity index (χ0v) is 17.3. The molecule has 0 aromatic heterocycles. The topological polar surface area (TPSA) is 80.7 Å². The molecule has 4 rings (SSSR count). The lowest BCUT2D eigenvalue weighted by molar-refractivity contribution is -0.192. The van der Waals surface area contributed by atoms with Crippen LogP contribution in [-0.4, -0.2) is 47.2 Å². The van der Waals surface area contributed by atoms with Crippen LogP contribution < -0.4 is 0 Å². The molecular formula is C23H26F2O5. The maximum atomic E-state index is 16.8. The van der Waals surface area contributed by atoms with Gasteiger partial charge >= 0.3 is 5.97 Å². The molecule has 0 amide bonds. The van der Waals surface area contributed by atoms with E-state index in [0.717, 1.165) is 6.08 Å². The lowest BCUT2D eigenvalue weighted by atomic mass is 9.45. The van der Waals surface area contributed by atoms with Crippen LogP contribution in [0, 0.1) is 22.7 Å². The molecule has 0 heterocycles. The van der Waals surface area contributed by atoms with Crippen molar-refractivity contribution in [3.05, 3.63) is 35.5 Å². The number of alkyl halides is 2. The smallest absolute Gasteiger partial charge is 0.303 e. The largest absolute Gasteiger partial charge is 0.457 e. The number of fused-ring (bicyclic) bond motifs is 5. The Balaban J connectivity index is 1.72. The summed E-state index contributed by atoms with van der Waals surface area (Å²) in [7, 11) is 0. The van der Waals surface area contributed by atoms with E-state index in [-0.39, 0.29) is 35.9 Å². The summed E-state index contributed by atoms with van der Waals surface area (Å²) in [6.07, 6.45) is 2.76. The van der Waals surface area contributed by atoms with Gasteiger partial charge in [-0.25, -0.2) is 8.78 Å². The predicted octanol–water partition coefficient (Wildman–Crippen LogP) is 2.97. The summed E-state index contributed by atoms with van der Waals surface area (Å²) in [5.41, 5.74) is -3.96. The Kier molecular flexibility index (Phi) is 4.69. The van der Waals surface area contributed by atoms with Gasteiger partial charge in [0.25, 0.3) is 0 Å². The normalized spacial score (nSPS) is 44.4.